The third-order valence-electron chi connectivity index (χ3n) is 1.49. The predicted molar refractivity (Wildman–Crippen MR) is 52.5 cm³/mol. The molecule has 1 aromatic carbocycles. The minimum atomic E-state index is -0.632. The topological polar surface area (TPSA) is 43.1 Å². The van der Waals surface area contributed by atoms with Gasteiger partial charge in [0.15, 0.2) is 5.78 Å². The molecule has 13 heavy (non-hydrogen) atoms. The summed E-state index contributed by atoms with van der Waals surface area (Å²) in [6.07, 6.45) is 0. The predicted octanol–water partition coefficient (Wildman–Crippen LogP) is 2.38. The number of carbonyl (C=O) groups is 1. The largest absolute Gasteiger partial charge is 0.324 e. The first-order valence-electron chi connectivity index (χ1n) is 3.44. The van der Waals surface area contributed by atoms with Crippen molar-refractivity contribution in [2.75, 3.05) is 6.54 Å². The van der Waals surface area contributed by atoms with Crippen LogP contribution in [0, 0.1) is 5.82 Å². The van der Waals surface area contributed by atoms with E-state index in [0.717, 1.165) is 6.07 Å². The molecule has 2 N–H and O–H groups in total. The van der Waals surface area contributed by atoms with Crippen molar-refractivity contribution in [2.45, 2.75) is 0 Å². The molecule has 0 aliphatic carbocycles. The van der Waals surface area contributed by atoms with Crippen LogP contribution in [0.4, 0.5) is 4.39 Å². The summed E-state index contributed by atoms with van der Waals surface area (Å²) >= 11 is 8.56. The van der Waals surface area contributed by atoms with Gasteiger partial charge in [-0.25, -0.2) is 4.39 Å². The van der Waals surface area contributed by atoms with Gasteiger partial charge in [0.25, 0.3) is 0 Å². The fraction of sp³-hybridized carbons (Fsp3) is 0.125. The zero-order valence-corrected chi connectivity index (χ0v) is 8.82. The van der Waals surface area contributed by atoms with Crippen LogP contribution in [0.3, 0.4) is 0 Å². The summed E-state index contributed by atoms with van der Waals surface area (Å²) < 4.78 is 13.3. The molecule has 0 aromatic heterocycles. The number of hydrogen-bond acceptors (Lipinski definition) is 2. The summed E-state index contributed by atoms with van der Waals surface area (Å²) in [5.41, 5.74) is 5.34. The zero-order valence-electron chi connectivity index (χ0n) is 6.48. The number of benzene rings is 1. The van der Waals surface area contributed by atoms with E-state index >= 15 is 0 Å². The Morgan fingerprint density at radius 1 is 1.62 bits per heavy atom. The second-order valence-electron chi connectivity index (χ2n) is 2.38. The Kier molecular flexibility index (Phi) is 3.41. The van der Waals surface area contributed by atoms with Crippen molar-refractivity contribution in [1.82, 2.24) is 0 Å². The zero-order chi connectivity index (χ0) is 10.0. The number of nitrogens with two attached hydrogens (primary N) is 1. The van der Waals surface area contributed by atoms with E-state index in [9.17, 15) is 9.18 Å². The van der Waals surface area contributed by atoms with Crippen molar-refractivity contribution >= 4 is 33.3 Å². The lowest BCUT2D eigenvalue weighted by Crippen LogP contribution is -2.13. The van der Waals surface area contributed by atoms with Gasteiger partial charge in [0.1, 0.15) is 5.82 Å². The third-order valence-corrected chi connectivity index (χ3v) is 2.73. The molecule has 0 saturated heterocycles. The highest BCUT2D eigenvalue weighted by atomic mass is 79.9. The summed E-state index contributed by atoms with van der Waals surface area (Å²) in [6.45, 7) is -0.145. The molecule has 70 valence electrons. The third kappa shape index (κ3) is 2.27. The van der Waals surface area contributed by atoms with Crippen LogP contribution in [-0.2, 0) is 0 Å². The first-order chi connectivity index (χ1) is 6.06. The van der Waals surface area contributed by atoms with Crippen molar-refractivity contribution in [3.05, 3.63) is 33.0 Å². The summed E-state index contributed by atoms with van der Waals surface area (Å²) in [5.74, 6) is -0.955. The fourth-order valence-corrected chi connectivity index (χ4v) is 1.38. The number of halogens is 3. The maximum absolute atomic E-state index is 13.0. The molecule has 0 aliphatic heterocycles. The van der Waals surface area contributed by atoms with Gasteiger partial charge >= 0.3 is 0 Å². The van der Waals surface area contributed by atoms with Crippen molar-refractivity contribution in [3.63, 3.8) is 0 Å². The Balaban J connectivity index is 3.20. The van der Waals surface area contributed by atoms with Crippen molar-refractivity contribution < 1.29 is 9.18 Å². The van der Waals surface area contributed by atoms with Gasteiger partial charge in [0, 0.05) is 10.0 Å². The average molecular weight is 266 g/mol. The van der Waals surface area contributed by atoms with Gasteiger partial charge in [0.2, 0.25) is 0 Å². The van der Waals surface area contributed by atoms with Gasteiger partial charge in [-0.3, -0.25) is 4.79 Å². The molecular weight excluding hydrogens is 260 g/mol. The summed E-state index contributed by atoms with van der Waals surface area (Å²) in [7, 11) is 0. The second kappa shape index (κ2) is 4.17. The number of hydrogen-bond donors (Lipinski definition) is 1. The van der Waals surface area contributed by atoms with Crippen molar-refractivity contribution in [3.8, 4) is 0 Å². The van der Waals surface area contributed by atoms with Gasteiger partial charge in [-0.05, 0) is 28.1 Å². The standard InChI is InChI=1S/C8H6BrClFNO/c9-5-1-4(7(13)3-12)2-6(11)8(5)10/h1-2H,3,12H2. The summed E-state index contributed by atoms with van der Waals surface area (Å²) in [5, 5.41) is -0.0337. The van der Waals surface area contributed by atoms with E-state index in [1.807, 2.05) is 0 Å². The molecule has 0 aliphatic rings. The molecule has 0 radical (unpaired) electrons. The molecule has 0 spiro atoms. The van der Waals surface area contributed by atoms with Crippen LogP contribution in [-0.4, -0.2) is 12.3 Å². The maximum atomic E-state index is 13.0. The van der Waals surface area contributed by atoms with Gasteiger partial charge in [-0.1, -0.05) is 11.6 Å². The molecule has 2 nitrogen and oxygen atoms in total. The molecular formula is C8H6BrClFNO. The van der Waals surface area contributed by atoms with Crippen LogP contribution in [0.2, 0.25) is 5.02 Å². The normalized spacial score (nSPS) is 10.2. The van der Waals surface area contributed by atoms with Crippen LogP contribution in [0.15, 0.2) is 16.6 Å². The van der Waals surface area contributed by atoms with E-state index in [4.69, 9.17) is 17.3 Å². The molecule has 1 aromatic rings. The highest BCUT2D eigenvalue weighted by molar-refractivity contribution is 9.10. The Labute approximate surface area is 88.0 Å². The monoisotopic (exact) mass is 265 g/mol. The molecule has 0 bridgehead atoms. The Morgan fingerprint density at radius 3 is 2.69 bits per heavy atom. The SMILES string of the molecule is NCC(=O)c1cc(F)c(Cl)c(Br)c1. The molecule has 0 fully saturated rings. The molecule has 0 unspecified atom stereocenters. The van der Waals surface area contributed by atoms with E-state index in [1.54, 1.807) is 0 Å². The highest BCUT2D eigenvalue weighted by Crippen LogP contribution is 2.26. The molecule has 0 saturated carbocycles. The minimum absolute atomic E-state index is 0.0337. The average Bonchev–Trinajstić information content (AvgIpc) is 2.12. The van der Waals surface area contributed by atoms with Crippen LogP contribution in [0.25, 0.3) is 0 Å². The van der Waals surface area contributed by atoms with Crippen molar-refractivity contribution in [1.29, 1.82) is 0 Å². The lowest BCUT2D eigenvalue weighted by Gasteiger charge is -2.01. The van der Waals surface area contributed by atoms with Gasteiger partial charge < -0.3 is 5.73 Å². The van der Waals surface area contributed by atoms with Crippen LogP contribution in [0.1, 0.15) is 10.4 Å². The number of Topliss-reactive ketones (excluding diaryl/α,β-unsaturated/α-hetero) is 1. The van der Waals surface area contributed by atoms with E-state index in [0.29, 0.717) is 4.47 Å². The maximum Gasteiger partial charge on any atom is 0.176 e. The molecule has 5 heteroatoms. The molecule has 0 amide bonds. The minimum Gasteiger partial charge on any atom is -0.324 e. The van der Waals surface area contributed by atoms with E-state index in [-0.39, 0.29) is 22.9 Å². The lowest BCUT2D eigenvalue weighted by molar-refractivity contribution is 0.100. The van der Waals surface area contributed by atoms with Gasteiger partial charge in [-0.15, -0.1) is 0 Å². The van der Waals surface area contributed by atoms with E-state index in [1.165, 1.54) is 6.07 Å². The van der Waals surface area contributed by atoms with Crippen molar-refractivity contribution in [2.24, 2.45) is 5.73 Å². The van der Waals surface area contributed by atoms with E-state index in [2.05, 4.69) is 15.9 Å². The Hall–Kier alpha value is -0.450. The lowest BCUT2D eigenvalue weighted by atomic mass is 10.1. The Morgan fingerprint density at radius 2 is 2.23 bits per heavy atom. The molecule has 0 heterocycles. The smallest absolute Gasteiger partial charge is 0.176 e. The van der Waals surface area contributed by atoms with Gasteiger partial charge in [0.05, 0.1) is 11.6 Å². The van der Waals surface area contributed by atoms with E-state index < -0.39 is 5.82 Å². The number of rotatable bonds is 2. The summed E-state index contributed by atoms with van der Waals surface area (Å²) in [6, 6.07) is 2.52. The first kappa shape index (κ1) is 10.6. The highest BCUT2D eigenvalue weighted by Gasteiger charge is 2.10. The first-order valence-corrected chi connectivity index (χ1v) is 4.61. The Bertz CT molecular complexity index is 333. The number of ketones is 1. The number of carbonyl (C=O) groups excluding carboxylic acids is 1. The quantitative estimate of drug-likeness (QED) is 0.660. The van der Waals surface area contributed by atoms with Crippen LogP contribution in [0.5, 0.6) is 0 Å². The molecule has 1 rings (SSSR count). The summed E-state index contributed by atoms with van der Waals surface area (Å²) in [4.78, 5) is 11.1. The van der Waals surface area contributed by atoms with Gasteiger partial charge in [-0.2, -0.15) is 0 Å². The molecule has 0 atom stereocenters. The second-order valence-corrected chi connectivity index (χ2v) is 3.61. The van der Waals surface area contributed by atoms with Crippen LogP contribution < -0.4 is 5.73 Å². The van der Waals surface area contributed by atoms with Crippen LogP contribution >= 0.6 is 27.5 Å². The fourth-order valence-electron chi connectivity index (χ4n) is 0.834.